The van der Waals surface area contributed by atoms with Gasteiger partial charge in [0.25, 0.3) is 0 Å². The molecule has 0 aromatic carbocycles. The predicted octanol–water partition coefficient (Wildman–Crippen LogP) is 3.07. The molecule has 2 aliphatic rings. The van der Waals surface area contributed by atoms with Crippen molar-refractivity contribution >= 4 is 29.9 Å². The molecule has 28 heavy (non-hydrogen) atoms. The van der Waals surface area contributed by atoms with E-state index in [1.165, 1.54) is 32.1 Å². The average Bonchev–Trinajstić information content (AvgIpc) is 2.73. The van der Waals surface area contributed by atoms with Crippen molar-refractivity contribution < 1.29 is 9.47 Å². The number of hydrogen-bond donors (Lipinski definition) is 1. The molecule has 0 radical (unpaired) electrons. The molecule has 2 saturated heterocycles. The highest BCUT2D eigenvalue weighted by molar-refractivity contribution is 14.0. The van der Waals surface area contributed by atoms with Crippen LogP contribution in [0.4, 0.5) is 0 Å². The fourth-order valence-electron chi connectivity index (χ4n) is 4.43. The zero-order valence-corrected chi connectivity index (χ0v) is 20.8. The lowest BCUT2D eigenvalue weighted by Gasteiger charge is -2.39. The van der Waals surface area contributed by atoms with Crippen molar-refractivity contribution in [3.63, 3.8) is 0 Å². The largest absolute Gasteiger partial charge is 0.381 e. The van der Waals surface area contributed by atoms with E-state index in [0.717, 1.165) is 64.5 Å². The van der Waals surface area contributed by atoms with Gasteiger partial charge in [-0.25, -0.2) is 0 Å². The molecule has 0 bridgehead atoms. The Morgan fingerprint density at radius 1 is 1.11 bits per heavy atom. The maximum Gasteiger partial charge on any atom is 0.193 e. The third-order valence-electron chi connectivity index (χ3n) is 6.36. The Bertz CT molecular complexity index is 423. The number of nitrogens with one attached hydrogen (secondary N) is 1. The van der Waals surface area contributed by atoms with Gasteiger partial charge in [0.2, 0.25) is 0 Å². The molecule has 7 heteroatoms. The van der Waals surface area contributed by atoms with Crippen LogP contribution in [-0.2, 0) is 9.47 Å². The number of ether oxygens (including phenoxy) is 2. The first-order valence-corrected chi connectivity index (χ1v) is 11.0. The third-order valence-corrected chi connectivity index (χ3v) is 6.36. The van der Waals surface area contributed by atoms with Crippen molar-refractivity contribution in [2.75, 3.05) is 66.7 Å². The lowest BCUT2D eigenvalue weighted by atomic mass is 9.92. The SMILES string of the molecule is CCC(CC)C(CNC(=NC)N(C)CCC1CCOCC1)N1CCOCC1.I. The molecule has 6 nitrogen and oxygen atoms in total. The summed E-state index contributed by atoms with van der Waals surface area (Å²) in [6.07, 6.45) is 6.07. The standard InChI is InChI=1S/C21H42N4O2.HI/c1-5-19(6-2)20(25-11-15-27-16-12-25)17-23-21(22-3)24(4)10-7-18-8-13-26-14-9-18;/h18-20H,5-17H2,1-4H3,(H,22,23);1H. The topological polar surface area (TPSA) is 49.3 Å². The van der Waals surface area contributed by atoms with Gasteiger partial charge in [0.1, 0.15) is 0 Å². The number of aliphatic imine (C=N–C) groups is 1. The zero-order chi connectivity index (χ0) is 19.5. The van der Waals surface area contributed by atoms with E-state index < -0.39 is 0 Å². The normalized spacial score (nSPS) is 20.7. The Hall–Kier alpha value is -0.120. The molecule has 2 aliphatic heterocycles. The Morgan fingerprint density at radius 2 is 1.71 bits per heavy atom. The van der Waals surface area contributed by atoms with Crippen molar-refractivity contribution in [2.24, 2.45) is 16.8 Å². The summed E-state index contributed by atoms with van der Waals surface area (Å²) in [7, 11) is 4.06. The number of guanidine groups is 1. The van der Waals surface area contributed by atoms with Crippen LogP contribution in [-0.4, -0.2) is 88.5 Å². The van der Waals surface area contributed by atoms with Crippen LogP contribution < -0.4 is 5.32 Å². The van der Waals surface area contributed by atoms with E-state index in [9.17, 15) is 0 Å². The van der Waals surface area contributed by atoms with Gasteiger partial charge in [-0.1, -0.05) is 26.7 Å². The molecule has 2 fully saturated rings. The van der Waals surface area contributed by atoms with Crippen molar-refractivity contribution in [1.82, 2.24) is 15.1 Å². The smallest absolute Gasteiger partial charge is 0.193 e. The van der Waals surface area contributed by atoms with Crippen LogP contribution >= 0.6 is 24.0 Å². The molecule has 0 aromatic rings. The van der Waals surface area contributed by atoms with E-state index in [-0.39, 0.29) is 24.0 Å². The van der Waals surface area contributed by atoms with Crippen LogP contribution in [0.25, 0.3) is 0 Å². The van der Waals surface area contributed by atoms with E-state index in [2.05, 4.69) is 41.0 Å². The summed E-state index contributed by atoms with van der Waals surface area (Å²) in [5.41, 5.74) is 0. The van der Waals surface area contributed by atoms with E-state index in [1.54, 1.807) is 0 Å². The summed E-state index contributed by atoms with van der Waals surface area (Å²) >= 11 is 0. The Labute approximate surface area is 189 Å². The van der Waals surface area contributed by atoms with Crippen LogP contribution in [0.2, 0.25) is 0 Å². The molecule has 2 heterocycles. The van der Waals surface area contributed by atoms with Crippen LogP contribution in [0.5, 0.6) is 0 Å². The zero-order valence-electron chi connectivity index (χ0n) is 18.5. The van der Waals surface area contributed by atoms with Gasteiger partial charge in [0.05, 0.1) is 13.2 Å². The summed E-state index contributed by atoms with van der Waals surface area (Å²) < 4.78 is 11.0. The van der Waals surface area contributed by atoms with Crippen molar-refractivity contribution in [3.8, 4) is 0 Å². The van der Waals surface area contributed by atoms with Crippen molar-refractivity contribution in [2.45, 2.75) is 52.0 Å². The second-order valence-electron chi connectivity index (χ2n) is 7.99. The molecule has 0 saturated carbocycles. The van der Waals surface area contributed by atoms with E-state index in [1.807, 2.05) is 7.05 Å². The molecular weight excluding hydrogens is 467 g/mol. The summed E-state index contributed by atoms with van der Waals surface area (Å²) in [4.78, 5) is 9.45. The number of rotatable bonds is 9. The summed E-state index contributed by atoms with van der Waals surface area (Å²) in [5, 5.41) is 3.67. The monoisotopic (exact) mass is 510 g/mol. The van der Waals surface area contributed by atoms with Gasteiger partial charge in [-0.15, -0.1) is 24.0 Å². The fraction of sp³-hybridized carbons (Fsp3) is 0.952. The van der Waals surface area contributed by atoms with Gasteiger partial charge >= 0.3 is 0 Å². The van der Waals surface area contributed by atoms with E-state index in [4.69, 9.17) is 9.47 Å². The van der Waals surface area contributed by atoms with Gasteiger partial charge < -0.3 is 19.7 Å². The minimum absolute atomic E-state index is 0. The molecule has 0 amide bonds. The Balaban J connectivity index is 0.00000392. The van der Waals surface area contributed by atoms with Crippen molar-refractivity contribution in [1.29, 1.82) is 0 Å². The van der Waals surface area contributed by atoms with Gasteiger partial charge in [0, 0.05) is 59.5 Å². The molecule has 2 rings (SSSR count). The molecule has 0 aromatic heterocycles. The Kier molecular flexibility index (Phi) is 13.7. The summed E-state index contributed by atoms with van der Waals surface area (Å²) in [6, 6.07) is 0.546. The quantitative estimate of drug-likeness (QED) is 0.294. The Morgan fingerprint density at radius 3 is 2.29 bits per heavy atom. The number of nitrogens with zero attached hydrogens (tertiary/aromatic N) is 3. The molecule has 1 N–H and O–H groups in total. The summed E-state index contributed by atoms with van der Waals surface area (Å²) in [5.74, 6) is 2.53. The first-order chi connectivity index (χ1) is 13.2. The second kappa shape index (κ2) is 14.8. The van der Waals surface area contributed by atoms with Crippen LogP contribution in [0.1, 0.15) is 46.0 Å². The number of morpholine rings is 1. The van der Waals surface area contributed by atoms with Gasteiger partial charge in [-0.05, 0) is 31.1 Å². The van der Waals surface area contributed by atoms with Gasteiger partial charge in [-0.3, -0.25) is 9.89 Å². The molecule has 0 aliphatic carbocycles. The minimum Gasteiger partial charge on any atom is -0.381 e. The average molecular weight is 511 g/mol. The first kappa shape index (κ1) is 25.9. The van der Waals surface area contributed by atoms with Crippen LogP contribution in [0.3, 0.4) is 0 Å². The van der Waals surface area contributed by atoms with Crippen LogP contribution in [0, 0.1) is 11.8 Å². The number of halogens is 1. The maximum absolute atomic E-state index is 5.57. The lowest BCUT2D eigenvalue weighted by Crippen LogP contribution is -2.53. The highest BCUT2D eigenvalue weighted by atomic mass is 127. The lowest BCUT2D eigenvalue weighted by molar-refractivity contribution is 0.00260. The highest BCUT2D eigenvalue weighted by Crippen LogP contribution is 2.20. The molecule has 0 spiro atoms. The number of hydrogen-bond acceptors (Lipinski definition) is 4. The van der Waals surface area contributed by atoms with Crippen LogP contribution in [0.15, 0.2) is 4.99 Å². The predicted molar refractivity (Wildman–Crippen MR) is 128 cm³/mol. The molecule has 166 valence electrons. The second-order valence-corrected chi connectivity index (χ2v) is 7.99. The van der Waals surface area contributed by atoms with E-state index >= 15 is 0 Å². The molecule has 1 unspecified atom stereocenters. The van der Waals surface area contributed by atoms with Gasteiger partial charge in [0.15, 0.2) is 5.96 Å². The maximum atomic E-state index is 5.57. The molecular formula is C21H43IN4O2. The first-order valence-electron chi connectivity index (χ1n) is 11.0. The molecule has 1 atom stereocenters. The van der Waals surface area contributed by atoms with Crippen molar-refractivity contribution in [3.05, 3.63) is 0 Å². The van der Waals surface area contributed by atoms with Gasteiger partial charge in [-0.2, -0.15) is 0 Å². The third kappa shape index (κ3) is 8.32. The summed E-state index contributed by atoms with van der Waals surface area (Å²) in [6.45, 7) is 12.3. The minimum atomic E-state index is 0. The highest BCUT2D eigenvalue weighted by Gasteiger charge is 2.27. The van der Waals surface area contributed by atoms with E-state index in [0.29, 0.717) is 12.0 Å². The fourth-order valence-corrected chi connectivity index (χ4v) is 4.43.